The third kappa shape index (κ3) is 5.45. The first-order valence-corrected chi connectivity index (χ1v) is 9.39. The predicted molar refractivity (Wildman–Crippen MR) is 109 cm³/mol. The molecule has 3 rings (SSSR count). The van der Waals surface area contributed by atoms with E-state index in [9.17, 15) is 14.9 Å². The van der Waals surface area contributed by atoms with Gasteiger partial charge >= 0.3 is 0 Å². The normalized spacial score (nSPS) is 19.0. The molecule has 8 heteroatoms. The van der Waals surface area contributed by atoms with Crippen molar-refractivity contribution in [3.8, 4) is 0 Å². The molecule has 1 amide bonds. The Morgan fingerprint density at radius 1 is 1.26 bits per heavy atom. The molecule has 0 saturated carbocycles. The summed E-state index contributed by atoms with van der Waals surface area (Å²) < 4.78 is 0. The van der Waals surface area contributed by atoms with Crippen LogP contribution in [-0.4, -0.2) is 30.0 Å². The van der Waals surface area contributed by atoms with Gasteiger partial charge < -0.3 is 10.6 Å². The zero-order chi connectivity index (χ0) is 18.5. The fourth-order valence-corrected chi connectivity index (χ4v) is 3.89. The fourth-order valence-electron chi connectivity index (χ4n) is 2.94. The van der Waals surface area contributed by atoms with Crippen molar-refractivity contribution in [3.63, 3.8) is 0 Å². The summed E-state index contributed by atoms with van der Waals surface area (Å²) >= 11 is 1.43. The van der Waals surface area contributed by atoms with Gasteiger partial charge in [-0.3, -0.25) is 14.9 Å². The van der Waals surface area contributed by atoms with Gasteiger partial charge in [0.05, 0.1) is 10.5 Å². The van der Waals surface area contributed by atoms with Crippen LogP contribution in [0.15, 0.2) is 58.3 Å². The molecule has 0 spiro atoms. The van der Waals surface area contributed by atoms with Crippen molar-refractivity contribution < 1.29 is 9.72 Å². The average molecular weight is 408 g/mol. The van der Waals surface area contributed by atoms with Gasteiger partial charge in [0.1, 0.15) is 0 Å². The number of nitro groups is 1. The molecule has 0 radical (unpaired) electrons. The summed E-state index contributed by atoms with van der Waals surface area (Å²) in [5, 5.41) is 17.5. The van der Waals surface area contributed by atoms with E-state index >= 15 is 0 Å². The van der Waals surface area contributed by atoms with Gasteiger partial charge in [0.15, 0.2) is 0 Å². The molecule has 6 nitrogen and oxygen atoms in total. The number of benzene rings is 2. The van der Waals surface area contributed by atoms with Crippen molar-refractivity contribution in [1.82, 2.24) is 10.6 Å². The molecule has 2 aromatic carbocycles. The summed E-state index contributed by atoms with van der Waals surface area (Å²) in [7, 11) is 0. The topological polar surface area (TPSA) is 84.3 Å². The van der Waals surface area contributed by atoms with Crippen LogP contribution in [-0.2, 0) is 0 Å². The minimum absolute atomic E-state index is 0. The van der Waals surface area contributed by atoms with E-state index in [1.54, 1.807) is 6.07 Å². The first-order chi connectivity index (χ1) is 12.5. The molecule has 2 aromatic rings. The average Bonchev–Trinajstić information content (AvgIpc) is 2.64. The summed E-state index contributed by atoms with van der Waals surface area (Å²) in [5.74, 6) is 0.0943. The van der Waals surface area contributed by atoms with Crippen LogP contribution in [0.5, 0.6) is 0 Å². The van der Waals surface area contributed by atoms with Gasteiger partial charge in [-0.25, -0.2) is 0 Å². The number of halogens is 1. The molecule has 2 unspecified atom stereocenters. The molecule has 144 valence electrons. The highest BCUT2D eigenvalue weighted by Gasteiger charge is 2.25. The van der Waals surface area contributed by atoms with E-state index < -0.39 is 4.92 Å². The number of nitrogens with zero attached hydrogens (tertiary/aromatic N) is 1. The van der Waals surface area contributed by atoms with Crippen molar-refractivity contribution >= 4 is 35.8 Å². The molecular formula is C19H22ClN3O3S. The third-order valence-electron chi connectivity index (χ3n) is 4.53. The lowest BCUT2D eigenvalue weighted by Crippen LogP contribution is -2.50. The molecule has 0 aliphatic carbocycles. The SMILES string of the molecule is CC1CCNCC1NC(=O)c1cc([N+](=O)[O-])ccc1Sc1ccccc1.Cl. The Kier molecular flexibility index (Phi) is 7.65. The third-order valence-corrected chi connectivity index (χ3v) is 5.62. The summed E-state index contributed by atoms with van der Waals surface area (Å²) in [6.07, 6.45) is 0.992. The number of amides is 1. The van der Waals surface area contributed by atoms with Crippen LogP contribution < -0.4 is 10.6 Å². The number of non-ortho nitro benzene ring substituents is 1. The second-order valence-corrected chi connectivity index (χ2v) is 7.52. The van der Waals surface area contributed by atoms with Gasteiger partial charge in [0.25, 0.3) is 11.6 Å². The van der Waals surface area contributed by atoms with Gasteiger partial charge in [-0.1, -0.05) is 36.9 Å². The van der Waals surface area contributed by atoms with Crippen LogP contribution in [0.3, 0.4) is 0 Å². The smallest absolute Gasteiger partial charge is 0.270 e. The molecule has 1 saturated heterocycles. The second-order valence-electron chi connectivity index (χ2n) is 6.40. The number of carbonyl (C=O) groups excluding carboxylic acids is 1. The maximum absolute atomic E-state index is 12.9. The molecule has 1 aliphatic rings. The molecular weight excluding hydrogens is 386 g/mol. The molecule has 2 N–H and O–H groups in total. The van der Waals surface area contributed by atoms with E-state index in [0.29, 0.717) is 22.9 Å². The molecule has 0 bridgehead atoms. The summed E-state index contributed by atoms with van der Waals surface area (Å²) in [5.41, 5.74) is 0.258. The van der Waals surface area contributed by atoms with Gasteiger partial charge in [-0.05, 0) is 37.1 Å². The Labute approximate surface area is 168 Å². The van der Waals surface area contributed by atoms with Crippen molar-refractivity contribution in [3.05, 3.63) is 64.2 Å². The van der Waals surface area contributed by atoms with E-state index in [2.05, 4.69) is 17.6 Å². The van der Waals surface area contributed by atoms with Gasteiger partial charge in [0, 0.05) is 34.5 Å². The highest BCUT2D eigenvalue weighted by molar-refractivity contribution is 7.99. The van der Waals surface area contributed by atoms with Crippen molar-refractivity contribution in [1.29, 1.82) is 0 Å². The minimum atomic E-state index is -0.474. The number of hydrogen-bond acceptors (Lipinski definition) is 5. The van der Waals surface area contributed by atoms with Crippen LogP contribution in [0.4, 0.5) is 5.69 Å². The zero-order valence-electron chi connectivity index (χ0n) is 14.9. The maximum Gasteiger partial charge on any atom is 0.270 e. The molecule has 1 fully saturated rings. The standard InChI is InChI=1S/C19H21N3O3S.ClH/c1-13-9-10-20-12-17(13)21-19(23)16-11-14(22(24)25)7-8-18(16)26-15-5-3-2-4-6-15;/h2-8,11,13,17,20H,9-10,12H2,1H3,(H,21,23);1H. The van der Waals surface area contributed by atoms with E-state index in [1.807, 2.05) is 30.3 Å². The zero-order valence-corrected chi connectivity index (χ0v) is 16.5. The van der Waals surface area contributed by atoms with E-state index in [-0.39, 0.29) is 30.0 Å². The number of carbonyl (C=O) groups is 1. The van der Waals surface area contributed by atoms with Crippen molar-refractivity contribution in [2.24, 2.45) is 5.92 Å². The number of piperidine rings is 1. The number of rotatable bonds is 5. The lowest BCUT2D eigenvalue weighted by Gasteiger charge is -2.30. The lowest BCUT2D eigenvalue weighted by atomic mass is 9.94. The molecule has 2 atom stereocenters. The minimum Gasteiger partial charge on any atom is -0.348 e. The maximum atomic E-state index is 12.9. The number of nitrogens with one attached hydrogen (secondary N) is 2. The van der Waals surface area contributed by atoms with Crippen LogP contribution >= 0.6 is 24.2 Å². The molecule has 1 aliphatic heterocycles. The molecule has 27 heavy (non-hydrogen) atoms. The second kappa shape index (κ2) is 9.73. The highest BCUT2D eigenvalue weighted by Crippen LogP contribution is 2.32. The monoisotopic (exact) mass is 407 g/mol. The lowest BCUT2D eigenvalue weighted by molar-refractivity contribution is -0.384. The van der Waals surface area contributed by atoms with Crippen molar-refractivity contribution in [2.45, 2.75) is 29.2 Å². The Morgan fingerprint density at radius 3 is 2.67 bits per heavy atom. The van der Waals surface area contributed by atoms with Crippen LogP contribution in [0, 0.1) is 16.0 Å². The van der Waals surface area contributed by atoms with Gasteiger partial charge in [-0.2, -0.15) is 0 Å². The molecule has 0 aromatic heterocycles. The summed E-state index contributed by atoms with van der Waals surface area (Å²) in [6.45, 7) is 3.77. The summed E-state index contributed by atoms with van der Waals surface area (Å²) in [6, 6.07) is 14.1. The number of hydrogen-bond donors (Lipinski definition) is 2. The summed E-state index contributed by atoms with van der Waals surface area (Å²) in [4.78, 5) is 25.2. The van der Waals surface area contributed by atoms with Gasteiger partial charge in [0.2, 0.25) is 0 Å². The Morgan fingerprint density at radius 2 is 2.00 bits per heavy atom. The van der Waals surface area contributed by atoms with Gasteiger partial charge in [-0.15, -0.1) is 12.4 Å². The van der Waals surface area contributed by atoms with Crippen LogP contribution in [0.1, 0.15) is 23.7 Å². The van der Waals surface area contributed by atoms with Crippen LogP contribution in [0.2, 0.25) is 0 Å². The number of nitro benzene ring substituents is 1. The van der Waals surface area contributed by atoms with E-state index in [0.717, 1.165) is 17.9 Å². The Balaban J connectivity index is 0.00000261. The predicted octanol–water partition coefficient (Wildman–Crippen LogP) is 3.90. The quantitative estimate of drug-likeness (QED) is 0.580. The van der Waals surface area contributed by atoms with Crippen LogP contribution in [0.25, 0.3) is 0 Å². The Hall–Kier alpha value is -2.09. The first kappa shape index (κ1) is 21.2. The molecule has 1 heterocycles. The van der Waals surface area contributed by atoms with E-state index in [1.165, 1.54) is 23.9 Å². The highest BCUT2D eigenvalue weighted by atomic mass is 35.5. The fraction of sp³-hybridized carbons (Fsp3) is 0.316. The van der Waals surface area contributed by atoms with Crippen molar-refractivity contribution in [2.75, 3.05) is 13.1 Å². The Bertz CT molecular complexity index is 804. The van der Waals surface area contributed by atoms with E-state index in [4.69, 9.17) is 0 Å². The first-order valence-electron chi connectivity index (χ1n) is 8.57. The largest absolute Gasteiger partial charge is 0.348 e.